The number of benzene rings is 2. The molecule has 4 aromatic rings. The van der Waals surface area contributed by atoms with Crippen LogP contribution in [-0.4, -0.2) is 33.1 Å². The Labute approximate surface area is 141 Å². The predicted octanol–water partition coefficient (Wildman–Crippen LogP) is 3.33. The van der Waals surface area contributed by atoms with Crippen molar-refractivity contribution in [1.82, 2.24) is 20.0 Å². The second-order valence-corrected chi connectivity index (χ2v) is 6.09. The molecule has 0 aliphatic carbocycles. The van der Waals surface area contributed by atoms with Crippen molar-refractivity contribution in [2.75, 3.05) is 7.11 Å². The zero-order chi connectivity index (χ0) is 16.5. The summed E-state index contributed by atoms with van der Waals surface area (Å²) >= 11 is 1.48. The van der Waals surface area contributed by atoms with E-state index < -0.39 is 5.97 Å². The van der Waals surface area contributed by atoms with Gasteiger partial charge in [0, 0.05) is 0 Å². The van der Waals surface area contributed by atoms with Crippen LogP contribution in [0.2, 0.25) is 0 Å². The van der Waals surface area contributed by atoms with Crippen molar-refractivity contribution in [1.29, 1.82) is 0 Å². The van der Waals surface area contributed by atoms with Gasteiger partial charge in [-0.1, -0.05) is 52.9 Å². The van der Waals surface area contributed by atoms with Crippen LogP contribution < -0.4 is 0 Å². The largest absolute Gasteiger partial charge is 0.464 e. The quantitative estimate of drug-likeness (QED) is 0.537. The average Bonchev–Trinajstić information content (AvgIpc) is 3.27. The molecular formula is C17H12N4O2S. The number of methoxy groups -OCH3 is 1. The maximum absolute atomic E-state index is 11.5. The zero-order valence-corrected chi connectivity index (χ0v) is 13.5. The van der Waals surface area contributed by atoms with E-state index in [1.165, 1.54) is 29.3 Å². The van der Waals surface area contributed by atoms with Crippen molar-refractivity contribution in [3.05, 3.63) is 60.4 Å². The first kappa shape index (κ1) is 14.5. The number of hydrogen-bond donors (Lipinski definition) is 0. The summed E-state index contributed by atoms with van der Waals surface area (Å²) in [6.45, 7) is 0. The van der Waals surface area contributed by atoms with Crippen LogP contribution in [0.3, 0.4) is 0 Å². The van der Waals surface area contributed by atoms with Crippen LogP contribution in [0.5, 0.6) is 0 Å². The Morgan fingerprint density at radius 2 is 1.96 bits per heavy atom. The smallest absolute Gasteiger partial charge is 0.360 e. The molecule has 6 nitrogen and oxygen atoms in total. The first-order valence-corrected chi connectivity index (χ1v) is 8.03. The second-order valence-electron chi connectivity index (χ2n) is 5.08. The normalized spacial score (nSPS) is 10.9. The number of fused-ring (bicyclic) bond motifs is 1. The van der Waals surface area contributed by atoms with E-state index >= 15 is 0 Å². The van der Waals surface area contributed by atoms with Crippen molar-refractivity contribution in [3.63, 3.8) is 0 Å². The van der Waals surface area contributed by atoms with Crippen molar-refractivity contribution < 1.29 is 9.53 Å². The van der Waals surface area contributed by atoms with Gasteiger partial charge in [-0.3, -0.25) is 0 Å². The first-order chi connectivity index (χ1) is 11.7. The molecule has 0 N–H and O–H groups in total. The number of esters is 1. The number of carbonyl (C=O) groups is 1. The second kappa shape index (κ2) is 5.86. The minimum absolute atomic E-state index is 0.154. The third-order valence-corrected chi connectivity index (χ3v) is 4.59. The molecule has 4 rings (SSSR count). The SMILES string of the molecule is COC(=O)c1cn(-c2nc3cc(-c4ccccc4)ccc3s2)nn1. The third kappa shape index (κ3) is 2.55. The maximum Gasteiger partial charge on any atom is 0.360 e. The molecule has 0 radical (unpaired) electrons. The van der Waals surface area contributed by atoms with E-state index in [1.54, 1.807) is 0 Å². The van der Waals surface area contributed by atoms with E-state index in [0.29, 0.717) is 5.13 Å². The Morgan fingerprint density at radius 3 is 2.75 bits per heavy atom. The molecule has 118 valence electrons. The van der Waals surface area contributed by atoms with Gasteiger partial charge in [-0.25, -0.2) is 9.78 Å². The lowest BCUT2D eigenvalue weighted by molar-refractivity contribution is 0.0594. The molecule has 0 amide bonds. The van der Waals surface area contributed by atoms with Crippen molar-refractivity contribution in [3.8, 4) is 16.3 Å². The summed E-state index contributed by atoms with van der Waals surface area (Å²) in [6.07, 6.45) is 1.52. The molecule has 0 unspecified atom stereocenters. The minimum atomic E-state index is -0.520. The van der Waals surface area contributed by atoms with Crippen molar-refractivity contribution >= 4 is 27.5 Å². The molecule has 2 aromatic carbocycles. The minimum Gasteiger partial charge on any atom is -0.464 e. The molecule has 0 saturated heterocycles. The highest BCUT2D eigenvalue weighted by atomic mass is 32.1. The highest BCUT2D eigenvalue weighted by Crippen LogP contribution is 2.29. The van der Waals surface area contributed by atoms with E-state index in [0.717, 1.165) is 21.3 Å². The molecule has 7 heteroatoms. The number of aromatic nitrogens is 4. The van der Waals surface area contributed by atoms with Crippen LogP contribution in [-0.2, 0) is 4.74 Å². The third-order valence-electron chi connectivity index (χ3n) is 3.57. The molecular weight excluding hydrogens is 324 g/mol. The van der Waals surface area contributed by atoms with E-state index in [9.17, 15) is 4.79 Å². The Hall–Kier alpha value is -3.06. The van der Waals surface area contributed by atoms with Gasteiger partial charge in [0.2, 0.25) is 5.13 Å². The number of carbonyl (C=O) groups excluding carboxylic acids is 1. The Bertz CT molecular complexity index is 1020. The summed E-state index contributed by atoms with van der Waals surface area (Å²) < 4.78 is 7.16. The van der Waals surface area contributed by atoms with Gasteiger partial charge in [0.15, 0.2) is 5.69 Å². The predicted molar refractivity (Wildman–Crippen MR) is 91.3 cm³/mol. The summed E-state index contributed by atoms with van der Waals surface area (Å²) in [7, 11) is 1.31. The van der Waals surface area contributed by atoms with Gasteiger partial charge in [0.25, 0.3) is 0 Å². The number of thiazole rings is 1. The molecule has 0 spiro atoms. The van der Waals surface area contributed by atoms with Crippen LogP contribution in [0.15, 0.2) is 54.7 Å². The molecule has 0 fully saturated rings. The first-order valence-electron chi connectivity index (χ1n) is 7.21. The van der Waals surface area contributed by atoms with E-state index in [2.05, 4.69) is 38.2 Å². The number of rotatable bonds is 3. The van der Waals surface area contributed by atoms with Gasteiger partial charge in [-0.05, 0) is 23.3 Å². The molecule has 0 bridgehead atoms. The van der Waals surface area contributed by atoms with Crippen molar-refractivity contribution in [2.45, 2.75) is 0 Å². The lowest BCUT2D eigenvalue weighted by atomic mass is 10.1. The van der Waals surface area contributed by atoms with Gasteiger partial charge < -0.3 is 4.74 Å². The Morgan fingerprint density at radius 1 is 1.12 bits per heavy atom. The molecule has 24 heavy (non-hydrogen) atoms. The van der Waals surface area contributed by atoms with E-state index in [4.69, 9.17) is 0 Å². The number of ether oxygens (including phenoxy) is 1. The van der Waals surface area contributed by atoms with Gasteiger partial charge in [-0.2, -0.15) is 4.68 Å². The van der Waals surface area contributed by atoms with Crippen LogP contribution in [0, 0.1) is 0 Å². The fourth-order valence-electron chi connectivity index (χ4n) is 2.38. The van der Waals surface area contributed by atoms with Gasteiger partial charge in [-0.15, -0.1) is 5.10 Å². The average molecular weight is 336 g/mol. The lowest BCUT2D eigenvalue weighted by Crippen LogP contribution is -2.01. The highest BCUT2D eigenvalue weighted by Gasteiger charge is 2.14. The maximum atomic E-state index is 11.5. The molecule has 0 atom stereocenters. The monoisotopic (exact) mass is 336 g/mol. The van der Waals surface area contributed by atoms with E-state index in [1.807, 2.05) is 30.3 Å². The number of hydrogen-bond acceptors (Lipinski definition) is 6. The van der Waals surface area contributed by atoms with Gasteiger partial charge in [0.1, 0.15) is 0 Å². The van der Waals surface area contributed by atoms with Gasteiger partial charge >= 0.3 is 5.97 Å². The molecule has 2 heterocycles. The molecule has 2 aromatic heterocycles. The Kier molecular flexibility index (Phi) is 3.55. The fourth-order valence-corrected chi connectivity index (χ4v) is 3.25. The Balaban J connectivity index is 1.73. The lowest BCUT2D eigenvalue weighted by Gasteiger charge is -2.00. The molecule has 0 aliphatic heterocycles. The molecule has 0 saturated carbocycles. The summed E-state index contributed by atoms with van der Waals surface area (Å²) in [5, 5.41) is 8.40. The van der Waals surface area contributed by atoms with Crippen LogP contribution in [0.1, 0.15) is 10.5 Å². The van der Waals surface area contributed by atoms with Crippen LogP contribution >= 0.6 is 11.3 Å². The highest BCUT2D eigenvalue weighted by molar-refractivity contribution is 7.20. The number of nitrogens with zero attached hydrogens (tertiary/aromatic N) is 4. The summed E-state index contributed by atoms with van der Waals surface area (Å²) in [6, 6.07) is 16.3. The summed E-state index contributed by atoms with van der Waals surface area (Å²) in [5.41, 5.74) is 3.28. The topological polar surface area (TPSA) is 69.9 Å². The summed E-state index contributed by atoms with van der Waals surface area (Å²) in [5.74, 6) is -0.520. The zero-order valence-electron chi connectivity index (χ0n) is 12.7. The van der Waals surface area contributed by atoms with Crippen LogP contribution in [0.4, 0.5) is 0 Å². The van der Waals surface area contributed by atoms with Gasteiger partial charge in [0.05, 0.1) is 23.5 Å². The fraction of sp³-hybridized carbons (Fsp3) is 0.0588. The standard InChI is InChI=1S/C17H12N4O2S/c1-23-16(22)14-10-21(20-19-14)17-18-13-9-12(7-8-15(13)24-17)11-5-3-2-4-6-11/h2-10H,1H3. The van der Waals surface area contributed by atoms with E-state index in [-0.39, 0.29) is 5.69 Å². The van der Waals surface area contributed by atoms with Crippen molar-refractivity contribution in [2.24, 2.45) is 0 Å². The summed E-state index contributed by atoms with van der Waals surface area (Å²) in [4.78, 5) is 16.1. The van der Waals surface area contributed by atoms with Crippen LogP contribution in [0.25, 0.3) is 26.5 Å². The molecule has 0 aliphatic rings.